The van der Waals surface area contributed by atoms with Gasteiger partial charge >= 0.3 is 0 Å². The van der Waals surface area contributed by atoms with Gasteiger partial charge < -0.3 is 14.5 Å². The molecule has 6 nitrogen and oxygen atoms in total. The average molecular weight is 404 g/mol. The summed E-state index contributed by atoms with van der Waals surface area (Å²) in [6.45, 7) is 8.07. The number of thiazole rings is 1. The molecule has 28 heavy (non-hydrogen) atoms. The highest BCUT2D eigenvalue weighted by atomic mass is 32.1. The van der Waals surface area contributed by atoms with E-state index in [0.717, 1.165) is 30.1 Å². The summed E-state index contributed by atoms with van der Waals surface area (Å²) in [5, 5.41) is 2.90. The molecule has 2 saturated heterocycles. The number of hydrogen-bond acceptors (Lipinski definition) is 5. The Morgan fingerprint density at radius 3 is 2.86 bits per heavy atom. The van der Waals surface area contributed by atoms with Gasteiger partial charge in [0.2, 0.25) is 11.8 Å². The third-order valence-electron chi connectivity index (χ3n) is 6.51. The van der Waals surface area contributed by atoms with Crippen LogP contribution < -0.4 is 0 Å². The third-order valence-corrected chi connectivity index (χ3v) is 7.46. The molecule has 0 saturated carbocycles. The van der Waals surface area contributed by atoms with Crippen LogP contribution in [0, 0.1) is 24.7 Å². The van der Waals surface area contributed by atoms with Gasteiger partial charge in [0.05, 0.1) is 31.0 Å². The Bertz CT molecular complexity index is 803. The second kappa shape index (κ2) is 7.26. The van der Waals surface area contributed by atoms with Crippen LogP contribution in [-0.2, 0) is 20.9 Å². The van der Waals surface area contributed by atoms with Gasteiger partial charge in [0.25, 0.3) is 0 Å². The Morgan fingerprint density at radius 1 is 1.46 bits per heavy atom. The van der Waals surface area contributed by atoms with Crippen molar-refractivity contribution in [1.29, 1.82) is 0 Å². The Morgan fingerprint density at radius 2 is 2.21 bits per heavy atom. The van der Waals surface area contributed by atoms with Crippen LogP contribution in [0.5, 0.6) is 0 Å². The van der Waals surface area contributed by atoms with Gasteiger partial charge in [-0.25, -0.2) is 4.98 Å². The molecular weight excluding hydrogens is 374 g/mol. The predicted molar refractivity (Wildman–Crippen MR) is 108 cm³/mol. The fourth-order valence-corrected chi connectivity index (χ4v) is 5.71. The molecule has 0 aliphatic carbocycles. The van der Waals surface area contributed by atoms with Crippen molar-refractivity contribution in [2.45, 2.75) is 51.9 Å². The number of rotatable bonds is 7. The van der Waals surface area contributed by atoms with E-state index in [1.54, 1.807) is 23.3 Å². The van der Waals surface area contributed by atoms with E-state index in [2.05, 4.69) is 18.8 Å². The topological polar surface area (TPSA) is 62.7 Å². The lowest BCUT2D eigenvalue weighted by molar-refractivity contribution is -0.142. The first kappa shape index (κ1) is 19.6. The van der Waals surface area contributed by atoms with Crippen LogP contribution in [0.25, 0.3) is 0 Å². The van der Waals surface area contributed by atoms with Crippen molar-refractivity contribution < 1.29 is 14.3 Å². The third kappa shape index (κ3) is 3.08. The van der Waals surface area contributed by atoms with Crippen molar-refractivity contribution in [3.8, 4) is 0 Å². The molecule has 4 rings (SSSR count). The summed E-state index contributed by atoms with van der Waals surface area (Å²) in [7, 11) is 1.79. The van der Waals surface area contributed by atoms with Crippen LogP contribution in [-0.4, -0.2) is 58.4 Å². The standard InChI is InChI=1S/C21H29N3O3S/c1-5-14(6-2)9-24-12-21-8-7-15(27-21)17(18(21)20(24)26)19(25)23(4)10-16-22-13(3)11-28-16/h7-8,11,14-15,17-18H,5-6,9-10,12H2,1-4H3/t15-,17+,18-,21-/m0/s1. The zero-order chi connectivity index (χ0) is 20.1. The number of likely N-dealkylation sites (tertiary alicyclic amines) is 1. The average Bonchev–Trinajstić information content (AvgIpc) is 3.41. The molecule has 0 radical (unpaired) electrons. The smallest absolute Gasteiger partial charge is 0.230 e. The van der Waals surface area contributed by atoms with Crippen LogP contribution in [0.2, 0.25) is 0 Å². The Hall–Kier alpha value is -1.73. The summed E-state index contributed by atoms with van der Waals surface area (Å²) in [5.74, 6) is -0.284. The molecule has 2 bridgehead atoms. The second-order valence-electron chi connectivity index (χ2n) is 8.38. The number of amides is 2. The molecular formula is C21H29N3O3S. The van der Waals surface area contributed by atoms with Crippen molar-refractivity contribution >= 4 is 23.2 Å². The van der Waals surface area contributed by atoms with Crippen molar-refractivity contribution in [1.82, 2.24) is 14.8 Å². The van der Waals surface area contributed by atoms with E-state index in [-0.39, 0.29) is 17.9 Å². The minimum absolute atomic E-state index is 0.0215. The van der Waals surface area contributed by atoms with Crippen molar-refractivity contribution in [3.63, 3.8) is 0 Å². The quantitative estimate of drug-likeness (QED) is 0.657. The molecule has 1 aromatic rings. The largest absolute Gasteiger partial charge is 0.360 e. The molecule has 0 N–H and O–H groups in total. The molecule has 2 amide bonds. The van der Waals surface area contributed by atoms with Crippen LogP contribution in [0.4, 0.5) is 0 Å². The number of hydrogen-bond donors (Lipinski definition) is 0. The number of carbonyl (C=O) groups excluding carboxylic acids is 2. The monoisotopic (exact) mass is 403 g/mol. The number of fused-ring (bicyclic) bond motifs is 1. The minimum Gasteiger partial charge on any atom is -0.360 e. The fraction of sp³-hybridized carbons (Fsp3) is 0.667. The minimum atomic E-state index is -0.618. The summed E-state index contributed by atoms with van der Waals surface area (Å²) in [6.07, 6.45) is 5.82. The summed E-state index contributed by atoms with van der Waals surface area (Å²) in [5.41, 5.74) is 0.348. The lowest BCUT2D eigenvalue weighted by Crippen LogP contribution is -2.44. The second-order valence-corrected chi connectivity index (χ2v) is 9.32. The zero-order valence-corrected chi connectivity index (χ0v) is 17.9. The van der Waals surface area contributed by atoms with Gasteiger partial charge in [-0.05, 0) is 12.8 Å². The first-order valence-electron chi connectivity index (χ1n) is 10.2. The summed E-state index contributed by atoms with van der Waals surface area (Å²) in [4.78, 5) is 34.6. The summed E-state index contributed by atoms with van der Waals surface area (Å²) in [6, 6.07) is 0. The molecule has 1 aromatic heterocycles. The summed E-state index contributed by atoms with van der Waals surface area (Å²) >= 11 is 1.56. The maximum Gasteiger partial charge on any atom is 0.230 e. The molecule has 3 aliphatic rings. The van der Waals surface area contributed by atoms with Gasteiger partial charge in [-0.2, -0.15) is 0 Å². The first-order valence-corrected chi connectivity index (χ1v) is 11.1. The fourth-order valence-electron chi connectivity index (χ4n) is 4.88. The Balaban J connectivity index is 1.52. The van der Waals surface area contributed by atoms with E-state index in [1.807, 2.05) is 29.4 Å². The lowest BCUT2D eigenvalue weighted by atomic mass is 9.76. The van der Waals surface area contributed by atoms with Crippen LogP contribution in [0.15, 0.2) is 17.5 Å². The Kier molecular flexibility index (Phi) is 5.08. The van der Waals surface area contributed by atoms with E-state index in [1.165, 1.54) is 0 Å². The number of carbonyl (C=O) groups is 2. The van der Waals surface area contributed by atoms with Gasteiger partial charge in [-0.3, -0.25) is 9.59 Å². The molecule has 0 unspecified atom stereocenters. The van der Waals surface area contributed by atoms with Crippen molar-refractivity contribution in [2.24, 2.45) is 17.8 Å². The maximum absolute atomic E-state index is 13.3. The van der Waals surface area contributed by atoms with E-state index in [0.29, 0.717) is 19.0 Å². The molecule has 4 atom stereocenters. The number of nitrogens with zero attached hydrogens (tertiary/aromatic N) is 3. The number of aryl methyl sites for hydroxylation is 1. The van der Waals surface area contributed by atoms with Crippen LogP contribution >= 0.6 is 11.3 Å². The van der Waals surface area contributed by atoms with Gasteiger partial charge in [0.15, 0.2) is 0 Å². The highest BCUT2D eigenvalue weighted by molar-refractivity contribution is 7.09. The molecule has 3 aliphatic heterocycles. The molecule has 152 valence electrons. The normalized spacial score (nSPS) is 30.5. The van der Waals surface area contributed by atoms with Gasteiger partial charge in [0, 0.05) is 24.7 Å². The van der Waals surface area contributed by atoms with Crippen LogP contribution in [0.3, 0.4) is 0 Å². The van der Waals surface area contributed by atoms with E-state index >= 15 is 0 Å². The predicted octanol–water partition coefficient (Wildman–Crippen LogP) is 2.63. The van der Waals surface area contributed by atoms with Crippen LogP contribution in [0.1, 0.15) is 37.4 Å². The maximum atomic E-state index is 13.3. The highest BCUT2D eigenvalue weighted by Crippen LogP contribution is 2.52. The molecule has 2 fully saturated rings. The summed E-state index contributed by atoms with van der Waals surface area (Å²) < 4.78 is 6.24. The molecule has 4 heterocycles. The van der Waals surface area contributed by atoms with Crippen molar-refractivity contribution in [3.05, 3.63) is 28.2 Å². The first-order chi connectivity index (χ1) is 13.4. The zero-order valence-electron chi connectivity index (χ0n) is 17.1. The van der Waals surface area contributed by atoms with E-state index in [9.17, 15) is 9.59 Å². The van der Waals surface area contributed by atoms with Gasteiger partial charge in [-0.15, -0.1) is 11.3 Å². The lowest BCUT2D eigenvalue weighted by Gasteiger charge is -2.27. The Labute approximate surface area is 170 Å². The molecule has 0 aromatic carbocycles. The highest BCUT2D eigenvalue weighted by Gasteiger charge is 2.67. The number of aromatic nitrogens is 1. The van der Waals surface area contributed by atoms with Crippen molar-refractivity contribution in [2.75, 3.05) is 20.1 Å². The number of ether oxygens (including phenoxy) is 1. The van der Waals surface area contributed by atoms with E-state index < -0.39 is 17.4 Å². The molecule has 7 heteroatoms. The van der Waals surface area contributed by atoms with Gasteiger partial charge in [0.1, 0.15) is 10.6 Å². The molecule has 1 spiro atoms. The van der Waals surface area contributed by atoms with E-state index in [4.69, 9.17) is 4.74 Å². The van der Waals surface area contributed by atoms with Gasteiger partial charge in [-0.1, -0.05) is 38.8 Å². The SMILES string of the molecule is CCC(CC)CN1C[C@]23C=C[C@H](O2)[C@@H](C(=O)N(C)Cc2nc(C)cs2)[C@H]3C1=O.